The zero-order valence-corrected chi connectivity index (χ0v) is 8.55. The Morgan fingerprint density at radius 2 is 2.29 bits per heavy atom. The number of aromatic nitrogens is 1. The molecule has 1 aromatic rings. The molecule has 0 fully saturated rings. The molecule has 1 rings (SSSR count). The molecule has 0 aliphatic heterocycles. The minimum atomic E-state index is -2.72. The quantitative estimate of drug-likeness (QED) is 0.832. The Hall–Kier alpha value is -1.22. The number of nitrogens with two attached hydrogens (primary N) is 1. The summed E-state index contributed by atoms with van der Waals surface area (Å²) in [6, 6.07) is 1.66. The normalized spacial score (nSPS) is 10.2. The minimum Gasteiger partial charge on any atom is -0.383 e. The van der Waals surface area contributed by atoms with E-state index < -0.39 is 6.43 Å². The maximum absolute atomic E-state index is 12.6. The zero-order valence-electron chi connectivity index (χ0n) is 6.97. The van der Waals surface area contributed by atoms with Crippen LogP contribution in [0.25, 0.3) is 0 Å². The Balaban J connectivity index is 3.46. The summed E-state index contributed by atoms with van der Waals surface area (Å²) in [6.07, 6.45) is -1.66. The Kier molecular flexibility index (Phi) is 3.36. The lowest BCUT2D eigenvalue weighted by Crippen LogP contribution is -2.04. The first-order valence-corrected chi connectivity index (χ1v) is 4.75. The van der Waals surface area contributed by atoms with E-state index in [2.05, 4.69) is 20.9 Å². The SMILES string of the molecule is N#Cc1cnc(N)c(CBr)c1C(F)F. The number of nitrogens with zero attached hydrogens (tertiary/aromatic N) is 2. The molecule has 3 nitrogen and oxygen atoms in total. The van der Waals surface area contributed by atoms with Crippen LogP contribution in [0.3, 0.4) is 0 Å². The first-order chi connectivity index (χ1) is 6.61. The standard InChI is InChI=1S/C8H6BrF2N3/c9-1-5-6(7(10)11)4(2-12)3-14-8(5)13/h3,7H,1H2,(H2,13,14). The van der Waals surface area contributed by atoms with E-state index in [4.69, 9.17) is 11.0 Å². The molecule has 2 N–H and O–H groups in total. The molecule has 0 bridgehead atoms. The average molecular weight is 262 g/mol. The summed E-state index contributed by atoms with van der Waals surface area (Å²) in [5.74, 6) is 0.0242. The van der Waals surface area contributed by atoms with E-state index in [1.54, 1.807) is 6.07 Å². The van der Waals surface area contributed by atoms with Crippen molar-refractivity contribution in [3.63, 3.8) is 0 Å². The van der Waals surface area contributed by atoms with Crippen LogP contribution in [-0.4, -0.2) is 4.98 Å². The predicted octanol–water partition coefficient (Wildman–Crippen LogP) is 2.37. The van der Waals surface area contributed by atoms with Crippen LogP contribution < -0.4 is 5.73 Å². The molecule has 0 saturated carbocycles. The van der Waals surface area contributed by atoms with Gasteiger partial charge in [-0.15, -0.1) is 0 Å². The average Bonchev–Trinajstić information content (AvgIpc) is 2.17. The number of hydrogen-bond donors (Lipinski definition) is 1. The van der Waals surface area contributed by atoms with Gasteiger partial charge < -0.3 is 5.73 Å². The summed E-state index contributed by atoms with van der Waals surface area (Å²) in [5.41, 5.74) is 5.12. The molecule has 0 unspecified atom stereocenters. The van der Waals surface area contributed by atoms with Gasteiger partial charge >= 0.3 is 0 Å². The highest BCUT2D eigenvalue weighted by molar-refractivity contribution is 9.08. The van der Waals surface area contributed by atoms with Crippen molar-refractivity contribution in [2.75, 3.05) is 5.73 Å². The summed E-state index contributed by atoms with van der Waals surface area (Å²) >= 11 is 3.03. The summed E-state index contributed by atoms with van der Waals surface area (Å²) in [6.45, 7) is 0. The van der Waals surface area contributed by atoms with Crippen molar-refractivity contribution < 1.29 is 8.78 Å². The second kappa shape index (κ2) is 4.33. The zero-order chi connectivity index (χ0) is 10.7. The second-order valence-corrected chi connectivity index (χ2v) is 3.06. The van der Waals surface area contributed by atoms with Crippen LogP contribution in [0.2, 0.25) is 0 Å². The molecule has 0 saturated heterocycles. The fourth-order valence-electron chi connectivity index (χ4n) is 1.06. The van der Waals surface area contributed by atoms with Gasteiger partial charge in [0.1, 0.15) is 11.9 Å². The van der Waals surface area contributed by atoms with E-state index in [-0.39, 0.29) is 27.8 Å². The molecule has 14 heavy (non-hydrogen) atoms. The molecular formula is C8H6BrF2N3. The number of rotatable bonds is 2. The number of nitriles is 1. The van der Waals surface area contributed by atoms with Crippen LogP contribution in [0, 0.1) is 11.3 Å². The van der Waals surface area contributed by atoms with Gasteiger partial charge in [-0.1, -0.05) is 15.9 Å². The number of halogens is 3. The lowest BCUT2D eigenvalue weighted by molar-refractivity contribution is 0.150. The van der Waals surface area contributed by atoms with E-state index >= 15 is 0 Å². The number of alkyl halides is 3. The summed E-state index contributed by atoms with van der Waals surface area (Å²) in [4.78, 5) is 3.66. The molecule has 0 aromatic carbocycles. The van der Waals surface area contributed by atoms with Crippen LogP contribution in [-0.2, 0) is 5.33 Å². The van der Waals surface area contributed by atoms with E-state index in [1.165, 1.54) is 0 Å². The maximum atomic E-state index is 12.6. The molecule has 0 atom stereocenters. The van der Waals surface area contributed by atoms with Crippen molar-refractivity contribution in [2.24, 2.45) is 0 Å². The molecule has 0 spiro atoms. The van der Waals surface area contributed by atoms with E-state index in [9.17, 15) is 8.78 Å². The lowest BCUT2D eigenvalue weighted by Gasteiger charge is -2.09. The number of anilines is 1. The van der Waals surface area contributed by atoms with Crippen molar-refractivity contribution in [3.8, 4) is 6.07 Å². The van der Waals surface area contributed by atoms with Crippen LogP contribution in [0.5, 0.6) is 0 Å². The Morgan fingerprint density at radius 1 is 1.64 bits per heavy atom. The van der Waals surface area contributed by atoms with Gasteiger partial charge in [0, 0.05) is 22.7 Å². The fraction of sp³-hybridized carbons (Fsp3) is 0.250. The molecule has 74 valence electrons. The minimum absolute atomic E-state index is 0.0242. The highest BCUT2D eigenvalue weighted by atomic mass is 79.9. The number of hydrogen-bond acceptors (Lipinski definition) is 3. The fourth-order valence-corrected chi connectivity index (χ4v) is 1.65. The van der Waals surface area contributed by atoms with E-state index in [0.717, 1.165) is 6.20 Å². The van der Waals surface area contributed by atoms with Crippen LogP contribution in [0.4, 0.5) is 14.6 Å². The molecule has 0 amide bonds. The molecule has 1 aromatic heterocycles. The summed E-state index contributed by atoms with van der Waals surface area (Å²) in [5, 5.41) is 8.75. The first-order valence-electron chi connectivity index (χ1n) is 3.63. The largest absolute Gasteiger partial charge is 0.383 e. The summed E-state index contributed by atoms with van der Waals surface area (Å²) < 4.78 is 25.2. The Morgan fingerprint density at radius 3 is 2.71 bits per heavy atom. The summed E-state index contributed by atoms with van der Waals surface area (Å²) in [7, 11) is 0. The number of nitrogen functional groups attached to an aromatic ring is 1. The van der Waals surface area contributed by atoms with Gasteiger partial charge in [0.2, 0.25) is 0 Å². The van der Waals surface area contributed by atoms with Crippen molar-refractivity contribution in [2.45, 2.75) is 11.8 Å². The van der Waals surface area contributed by atoms with Gasteiger partial charge in [0.05, 0.1) is 5.56 Å². The van der Waals surface area contributed by atoms with Gasteiger partial charge in [-0.3, -0.25) is 0 Å². The van der Waals surface area contributed by atoms with Gasteiger partial charge in [0.25, 0.3) is 6.43 Å². The second-order valence-electron chi connectivity index (χ2n) is 2.50. The van der Waals surface area contributed by atoms with Crippen LogP contribution in [0.1, 0.15) is 23.1 Å². The topological polar surface area (TPSA) is 62.7 Å². The molecule has 6 heteroatoms. The highest BCUT2D eigenvalue weighted by Gasteiger charge is 2.20. The smallest absolute Gasteiger partial charge is 0.265 e. The van der Waals surface area contributed by atoms with Gasteiger partial charge in [-0.2, -0.15) is 5.26 Å². The molecule has 0 radical (unpaired) electrons. The van der Waals surface area contributed by atoms with Gasteiger partial charge in [0.15, 0.2) is 0 Å². The third-order valence-electron chi connectivity index (χ3n) is 1.73. The molecule has 0 aliphatic carbocycles. The maximum Gasteiger partial charge on any atom is 0.265 e. The van der Waals surface area contributed by atoms with Gasteiger partial charge in [-0.25, -0.2) is 13.8 Å². The van der Waals surface area contributed by atoms with Crippen molar-refractivity contribution in [3.05, 3.63) is 22.9 Å². The van der Waals surface area contributed by atoms with Crippen molar-refractivity contribution in [1.29, 1.82) is 5.26 Å². The third-order valence-corrected chi connectivity index (χ3v) is 2.29. The Labute approximate surface area is 87.7 Å². The van der Waals surface area contributed by atoms with Crippen LogP contribution in [0.15, 0.2) is 6.20 Å². The molecule has 0 aliphatic rings. The van der Waals surface area contributed by atoms with Crippen molar-refractivity contribution in [1.82, 2.24) is 4.98 Å². The predicted molar refractivity (Wildman–Crippen MR) is 51.0 cm³/mol. The number of pyridine rings is 1. The Bertz CT molecular complexity index is 387. The monoisotopic (exact) mass is 261 g/mol. The third kappa shape index (κ3) is 1.82. The van der Waals surface area contributed by atoms with E-state index in [0.29, 0.717) is 0 Å². The van der Waals surface area contributed by atoms with Crippen LogP contribution >= 0.6 is 15.9 Å². The molecular weight excluding hydrogens is 256 g/mol. The first kappa shape index (κ1) is 10.9. The van der Waals surface area contributed by atoms with Crippen molar-refractivity contribution >= 4 is 21.7 Å². The highest BCUT2D eigenvalue weighted by Crippen LogP contribution is 2.30. The van der Waals surface area contributed by atoms with E-state index in [1.807, 2.05) is 0 Å². The molecule has 1 heterocycles. The lowest BCUT2D eigenvalue weighted by atomic mass is 10.1. The van der Waals surface area contributed by atoms with Gasteiger partial charge in [-0.05, 0) is 0 Å².